The first-order chi connectivity index (χ1) is 13.3. The zero-order valence-corrected chi connectivity index (χ0v) is 14.7. The monoisotopic (exact) mass is 359 g/mol. The lowest BCUT2D eigenvalue weighted by Crippen LogP contribution is -2.25. The van der Waals surface area contributed by atoms with Crippen LogP contribution in [-0.2, 0) is 6.61 Å². The van der Waals surface area contributed by atoms with Crippen molar-refractivity contribution in [1.29, 1.82) is 0 Å². The summed E-state index contributed by atoms with van der Waals surface area (Å²) < 4.78 is 12.8. The number of hydrogen-bond donors (Lipinski definition) is 0. The molecule has 6 nitrogen and oxygen atoms in total. The van der Waals surface area contributed by atoms with Crippen molar-refractivity contribution in [2.45, 2.75) is 6.61 Å². The van der Waals surface area contributed by atoms with E-state index >= 15 is 0 Å². The molecule has 0 saturated carbocycles. The van der Waals surface area contributed by atoms with Crippen molar-refractivity contribution in [3.8, 4) is 17.2 Å². The number of hydrogen-bond acceptors (Lipinski definition) is 5. The molecule has 27 heavy (non-hydrogen) atoms. The van der Waals surface area contributed by atoms with Gasteiger partial charge in [-0.1, -0.05) is 24.3 Å². The number of ether oxygens (including phenoxy) is 2. The summed E-state index contributed by atoms with van der Waals surface area (Å²) in [5.41, 5.74) is 1.17. The van der Waals surface area contributed by atoms with Gasteiger partial charge in [-0.25, -0.2) is 4.98 Å². The van der Waals surface area contributed by atoms with Crippen molar-refractivity contribution in [1.82, 2.24) is 14.5 Å². The lowest BCUT2D eigenvalue weighted by Gasteiger charge is -2.15. The summed E-state index contributed by atoms with van der Waals surface area (Å²) in [6.45, 7) is 0.114. The van der Waals surface area contributed by atoms with E-state index in [1.807, 2.05) is 42.5 Å². The maximum absolute atomic E-state index is 13.1. The Morgan fingerprint density at radius 3 is 2.41 bits per heavy atom. The molecule has 2 aromatic heterocycles. The van der Waals surface area contributed by atoms with Crippen molar-refractivity contribution in [3.05, 3.63) is 89.2 Å². The molecular formula is C21H17N3O3. The molecule has 0 N–H and O–H groups in total. The van der Waals surface area contributed by atoms with Crippen LogP contribution in [0.4, 0.5) is 0 Å². The van der Waals surface area contributed by atoms with E-state index in [2.05, 4.69) is 9.97 Å². The van der Waals surface area contributed by atoms with Crippen molar-refractivity contribution < 1.29 is 9.47 Å². The lowest BCUT2D eigenvalue weighted by atomic mass is 10.2. The van der Waals surface area contributed by atoms with Crippen LogP contribution in [0, 0.1) is 0 Å². The Bertz CT molecular complexity index is 1140. The molecule has 0 bridgehead atoms. The first-order valence-electron chi connectivity index (χ1n) is 8.45. The number of para-hydroxylation sites is 3. The van der Waals surface area contributed by atoms with E-state index < -0.39 is 0 Å². The molecule has 2 heterocycles. The number of rotatable bonds is 5. The zero-order valence-electron chi connectivity index (χ0n) is 14.7. The predicted molar refractivity (Wildman–Crippen MR) is 102 cm³/mol. The Kier molecular flexibility index (Phi) is 4.53. The van der Waals surface area contributed by atoms with E-state index in [1.54, 1.807) is 42.3 Å². The van der Waals surface area contributed by atoms with Crippen LogP contribution in [0.3, 0.4) is 0 Å². The normalized spacial score (nSPS) is 10.7. The molecule has 0 unspecified atom stereocenters. The zero-order chi connectivity index (χ0) is 18.6. The standard InChI is InChI=1S/C21H17N3O3/c1-26-18-8-4-5-9-19(18)27-14-20-23-17-7-3-2-6-16(17)21(25)24(20)15-10-12-22-13-11-15/h2-13H,14H2,1H3. The molecule has 0 saturated heterocycles. The lowest BCUT2D eigenvalue weighted by molar-refractivity contribution is 0.273. The number of benzene rings is 2. The summed E-state index contributed by atoms with van der Waals surface area (Å²) >= 11 is 0. The largest absolute Gasteiger partial charge is 0.493 e. The predicted octanol–water partition coefficient (Wildman–Crippen LogP) is 3.37. The maximum Gasteiger partial charge on any atom is 0.266 e. The van der Waals surface area contributed by atoms with Gasteiger partial charge in [-0.05, 0) is 36.4 Å². The van der Waals surface area contributed by atoms with Crippen LogP contribution in [0.15, 0.2) is 77.9 Å². The minimum atomic E-state index is -0.148. The Balaban J connectivity index is 1.82. The first kappa shape index (κ1) is 16.8. The molecule has 0 aliphatic carbocycles. The fraction of sp³-hybridized carbons (Fsp3) is 0.0952. The number of methoxy groups -OCH3 is 1. The molecule has 0 radical (unpaired) electrons. The summed E-state index contributed by atoms with van der Waals surface area (Å²) in [6, 6.07) is 18.2. The van der Waals surface area contributed by atoms with E-state index in [0.29, 0.717) is 33.9 Å². The quantitative estimate of drug-likeness (QED) is 0.547. The van der Waals surface area contributed by atoms with Gasteiger partial charge < -0.3 is 9.47 Å². The molecule has 4 rings (SSSR count). The minimum absolute atomic E-state index is 0.114. The second kappa shape index (κ2) is 7.29. The average molecular weight is 359 g/mol. The van der Waals surface area contributed by atoms with Crippen LogP contribution in [0.5, 0.6) is 11.5 Å². The van der Waals surface area contributed by atoms with Crippen LogP contribution >= 0.6 is 0 Å². The van der Waals surface area contributed by atoms with E-state index in [9.17, 15) is 4.79 Å². The van der Waals surface area contributed by atoms with E-state index in [-0.39, 0.29) is 12.2 Å². The van der Waals surface area contributed by atoms with Crippen LogP contribution < -0.4 is 15.0 Å². The van der Waals surface area contributed by atoms with Gasteiger partial charge in [-0.2, -0.15) is 0 Å². The molecule has 0 amide bonds. The van der Waals surface area contributed by atoms with Gasteiger partial charge in [0.1, 0.15) is 6.61 Å². The summed E-state index contributed by atoms with van der Waals surface area (Å²) in [4.78, 5) is 21.8. The summed E-state index contributed by atoms with van der Waals surface area (Å²) in [5, 5.41) is 0.551. The van der Waals surface area contributed by atoms with Gasteiger partial charge in [0.15, 0.2) is 17.3 Å². The Hall–Kier alpha value is -3.67. The van der Waals surface area contributed by atoms with Gasteiger partial charge in [-0.3, -0.25) is 14.3 Å². The van der Waals surface area contributed by atoms with Crippen molar-refractivity contribution in [2.75, 3.05) is 7.11 Å². The van der Waals surface area contributed by atoms with Crippen LogP contribution in [0.25, 0.3) is 16.6 Å². The third kappa shape index (κ3) is 3.25. The van der Waals surface area contributed by atoms with Gasteiger partial charge in [-0.15, -0.1) is 0 Å². The highest BCUT2D eigenvalue weighted by molar-refractivity contribution is 5.77. The van der Waals surface area contributed by atoms with Gasteiger partial charge >= 0.3 is 0 Å². The van der Waals surface area contributed by atoms with Crippen molar-refractivity contribution >= 4 is 10.9 Å². The Morgan fingerprint density at radius 1 is 0.926 bits per heavy atom. The first-order valence-corrected chi connectivity index (χ1v) is 8.45. The Morgan fingerprint density at radius 2 is 1.63 bits per heavy atom. The molecule has 4 aromatic rings. The summed E-state index contributed by atoms with van der Waals surface area (Å²) in [7, 11) is 1.59. The molecule has 0 atom stereocenters. The fourth-order valence-electron chi connectivity index (χ4n) is 2.92. The molecule has 0 spiro atoms. The van der Waals surface area contributed by atoms with Gasteiger partial charge in [0.2, 0.25) is 0 Å². The van der Waals surface area contributed by atoms with Crippen LogP contribution in [0.1, 0.15) is 5.82 Å². The highest BCUT2D eigenvalue weighted by Gasteiger charge is 2.14. The molecule has 0 fully saturated rings. The number of nitrogens with zero attached hydrogens (tertiary/aromatic N) is 3. The van der Waals surface area contributed by atoms with Crippen LogP contribution in [-0.4, -0.2) is 21.6 Å². The van der Waals surface area contributed by atoms with Crippen molar-refractivity contribution in [2.24, 2.45) is 0 Å². The second-order valence-corrected chi connectivity index (χ2v) is 5.83. The molecule has 0 aliphatic heterocycles. The maximum atomic E-state index is 13.1. The molecule has 6 heteroatoms. The van der Waals surface area contributed by atoms with E-state index in [1.165, 1.54) is 0 Å². The van der Waals surface area contributed by atoms with Gasteiger partial charge in [0, 0.05) is 12.4 Å². The smallest absolute Gasteiger partial charge is 0.266 e. The van der Waals surface area contributed by atoms with Gasteiger partial charge in [0.25, 0.3) is 5.56 Å². The van der Waals surface area contributed by atoms with Gasteiger partial charge in [0.05, 0.1) is 23.7 Å². The van der Waals surface area contributed by atoms with Crippen molar-refractivity contribution in [3.63, 3.8) is 0 Å². The van der Waals surface area contributed by atoms with Crippen LogP contribution in [0.2, 0.25) is 0 Å². The number of aromatic nitrogens is 3. The highest BCUT2D eigenvalue weighted by Crippen LogP contribution is 2.26. The summed E-state index contributed by atoms with van der Waals surface area (Å²) in [6.07, 6.45) is 3.28. The van der Waals surface area contributed by atoms with E-state index in [0.717, 1.165) is 0 Å². The Labute approximate surface area is 155 Å². The molecule has 0 aliphatic rings. The minimum Gasteiger partial charge on any atom is -0.493 e. The number of pyridine rings is 1. The average Bonchev–Trinajstić information content (AvgIpc) is 2.73. The SMILES string of the molecule is COc1ccccc1OCc1nc2ccccc2c(=O)n1-c1ccncc1. The molecule has 2 aromatic carbocycles. The third-order valence-corrected chi connectivity index (χ3v) is 4.19. The topological polar surface area (TPSA) is 66.2 Å². The second-order valence-electron chi connectivity index (χ2n) is 5.83. The fourth-order valence-corrected chi connectivity index (χ4v) is 2.92. The molecule has 134 valence electrons. The van der Waals surface area contributed by atoms with E-state index in [4.69, 9.17) is 9.47 Å². The summed E-state index contributed by atoms with van der Waals surface area (Å²) in [5.74, 6) is 1.70. The number of fused-ring (bicyclic) bond motifs is 1. The molecular weight excluding hydrogens is 342 g/mol. The highest BCUT2D eigenvalue weighted by atomic mass is 16.5. The third-order valence-electron chi connectivity index (χ3n) is 4.19.